The fourth-order valence-corrected chi connectivity index (χ4v) is 2.49. The van der Waals surface area contributed by atoms with E-state index in [-0.39, 0.29) is 11.7 Å². The van der Waals surface area contributed by atoms with Gasteiger partial charge in [-0.1, -0.05) is 0 Å². The highest BCUT2D eigenvalue weighted by Gasteiger charge is 2.32. The van der Waals surface area contributed by atoms with Crippen LogP contribution >= 0.6 is 15.9 Å². The second kappa shape index (κ2) is 5.61. The number of benzene rings is 1. The third-order valence-electron chi connectivity index (χ3n) is 3.24. The summed E-state index contributed by atoms with van der Waals surface area (Å²) in [6, 6.07) is 3.72. The van der Waals surface area contributed by atoms with Gasteiger partial charge in [-0.05, 0) is 53.4 Å². The zero-order valence-electron chi connectivity index (χ0n) is 10.2. The topological polar surface area (TPSA) is 77.8 Å². The van der Waals surface area contributed by atoms with Crippen molar-refractivity contribution >= 4 is 27.8 Å². The molecule has 19 heavy (non-hydrogen) atoms. The van der Waals surface area contributed by atoms with Gasteiger partial charge < -0.3 is 15.1 Å². The molecule has 0 saturated carbocycles. The number of amides is 1. The lowest BCUT2D eigenvalue weighted by molar-refractivity contribution is -0.143. The van der Waals surface area contributed by atoms with E-state index in [0.29, 0.717) is 23.0 Å². The molecule has 102 valence electrons. The number of carboxylic acid groups (broad SMARTS) is 1. The number of halogens is 1. The first-order valence-corrected chi connectivity index (χ1v) is 6.82. The summed E-state index contributed by atoms with van der Waals surface area (Å²) in [5.74, 6) is -1.36. The predicted octanol–water partition coefficient (Wildman–Crippen LogP) is 2.23. The standard InChI is InChI=1S/C13H14BrNO4/c14-9-5-4-8(7-11(9)16)12(17)15-6-2-1-3-10(15)13(18)19/h4-5,7,10,16H,1-3,6H2,(H,18,19)/t10-/m0/s1. The van der Waals surface area contributed by atoms with Crippen molar-refractivity contribution in [3.63, 3.8) is 0 Å². The average Bonchev–Trinajstić information content (AvgIpc) is 2.41. The molecule has 1 saturated heterocycles. The SMILES string of the molecule is O=C(O)[C@@H]1CCCCN1C(=O)c1ccc(Br)c(O)c1. The largest absolute Gasteiger partial charge is 0.507 e. The van der Waals surface area contributed by atoms with Crippen molar-refractivity contribution in [2.24, 2.45) is 0 Å². The first-order valence-electron chi connectivity index (χ1n) is 6.03. The van der Waals surface area contributed by atoms with Crippen LogP contribution in [0.2, 0.25) is 0 Å². The lowest BCUT2D eigenvalue weighted by Crippen LogP contribution is -2.47. The highest BCUT2D eigenvalue weighted by molar-refractivity contribution is 9.10. The third-order valence-corrected chi connectivity index (χ3v) is 3.91. The van der Waals surface area contributed by atoms with Crippen LogP contribution in [-0.2, 0) is 4.79 Å². The Morgan fingerprint density at radius 1 is 1.32 bits per heavy atom. The number of hydrogen-bond acceptors (Lipinski definition) is 3. The monoisotopic (exact) mass is 327 g/mol. The molecular formula is C13H14BrNO4. The van der Waals surface area contributed by atoms with Gasteiger partial charge in [0.25, 0.3) is 5.91 Å². The van der Waals surface area contributed by atoms with Crippen LogP contribution < -0.4 is 0 Å². The fraction of sp³-hybridized carbons (Fsp3) is 0.385. The van der Waals surface area contributed by atoms with E-state index in [1.54, 1.807) is 12.1 Å². The summed E-state index contributed by atoms with van der Waals surface area (Å²) in [5.41, 5.74) is 0.300. The molecule has 1 aromatic rings. The molecule has 5 nitrogen and oxygen atoms in total. The van der Waals surface area contributed by atoms with Gasteiger partial charge in [0.1, 0.15) is 11.8 Å². The zero-order valence-corrected chi connectivity index (χ0v) is 11.8. The maximum atomic E-state index is 12.3. The van der Waals surface area contributed by atoms with Gasteiger partial charge in [-0.15, -0.1) is 0 Å². The summed E-state index contributed by atoms with van der Waals surface area (Å²) < 4.78 is 0.498. The molecule has 1 aliphatic heterocycles. The van der Waals surface area contributed by atoms with Crippen LogP contribution in [0.15, 0.2) is 22.7 Å². The number of phenolic OH excluding ortho intramolecular Hbond substituents is 1. The van der Waals surface area contributed by atoms with Crippen molar-refractivity contribution in [1.29, 1.82) is 0 Å². The van der Waals surface area contributed by atoms with Gasteiger partial charge in [-0.3, -0.25) is 4.79 Å². The van der Waals surface area contributed by atoms with Crippen molar-refractivity contribution in [1.82, 2.24) is 4.90 Å². The summed E-state index contributed by atoms with van der Waals surface area (Å²) in [6.07, 6.45) is 2.09. The van der Waals surface area contributed by atoms with Gasteiger partial charge in [-0.2, -0.15) is 0 Å². The maximum absolute atomic E-state index is 12.3. The second-order valence-corrected chi connectivity index (χ2v) is 5.37. The van der Waals surface area contributed by atoms with Crippen LogP contribution in [0.25, 0.3) is 0 Å². The van der Waals surface area contributed by atoms with Crippen LogP contribution in [0.3, 0.4) is 0 Å². The molecule has 0 aromatic heterocycles. The van der Waals surface area contributed by atoms with E-state index in [1.165, 1.54) is 11.0 Å². The zero-order chi connectivity index (χ0) is 14.0. The minimum absolute atomic E-state index is 0.0327. The Kier molecular flexibility index (Phi) is 4.09. The highest BCUT2D eigenvalue weighted by atomic mass is 79.9. The van der Waals surface area contributed by atoms with Gasteiger partial charge in [0.05, 0.1) is 4.47 Å². The molecule has 2 N–H and O–H groups in total. The number of likely N-dealkylation sites (tertiary alicyclic amines) is 1. The molecule has 1 atom stereocenters. The van der Waals surface area contributed by atoms with E-state index in [9.17, 15) is 14.7 Å². The van der Waals surface area contributed by atoms with Crippen LogP contribution in [-0.4, -0.2) is 39.6 Å². The number of carbonyl (C=O) groups is 2. The fourth-order valence-electron chi connectivity index (χ4n) is 2.24. The molecule has 0 spiro atoms. The Morgan fingerprint density at radius 2 is 2.05 bits per heavy atom. The number of aromatic hydroxyl groups is 1. The van der Waals surface area contributed by atoms with E-state index in [1.807, 2.05) is 0 Å². The Balaban J connectivity index is 2.26. The molecule has 1 aromatic carbocycles. The van der Waals surface area contributed by atoms with Crippen LogP contribution in [0.1, 0.15) is 29.6 Å². The molecular weight excluding hydrogens is 314 g/mol. The van der Waals surface area contributed by atoms with E-state index in [2.05, 4.69) is 15.9 Å². The molecule has 0 bridgehead atoms. The van der Waals surface area contributed by atoms with Gasteiger partial charge in [0.2, 0.25) is 0 Å². The molecule has 0 unspecified atom stereocenters. The van der Waals surface area contributed by atoms with Gasteiger partial charge in [0, 0.05) is 12.1 Å². The molecule has 1 heterocycles. The Bertz CT molecular complexity index is 517. The lowest BCUT2D eigenvalue weighted by Gasteiger charge is -2.33. The summed E-state index contributed by atoms with van der Waals surface area (Å²) >= 11 is 3.14. The van der Waals surface area contributed by atoms with Crippen molar-refractivity contribution in [2.45, 2.75) is 25.3 Å². The summed E-state index contributed by atoms with van der Waals surface area (Å²) in [7, 11) is 0. The normalized spacial score (nSPS) is 19.2. The van der Waals surface area contributed by atoms with E-state index in [4.69, 9.17) is 5.11 Å². The molecule has 1 amide bonds. The number of carboxylic acids is 1. The molecule has 2 rings (SSSR count). The highest BCUT2D eigenvalue weighted by Crippen LogP contribution is 2.26. The van der Waals surface area contributed by atoms with Gasteiger partial charge in [-0.25, -0.2) is 4.79 Å². The Hall–Kier alpha value is -1.56. The lowest BCUT2D eigenvalue weighted by atomic mass is 10.0. The van der Waals surface area contributed by atoms with E-state index in [0.717, 1.165) is 12.8 Å². The van der Waals surface area contributed by atoms with Crippen LogP contribution in [0.4, 0.5) is 0 Å². The number of piperidine rings is 1. The minimum atomic E-state index is -0.977. The summed E-state index contributed by atoms with van der Waals surface area (Å²) in [5, 5.41) is 18.7. The van der Waals surface area contributed by atoms with Crippen molar-refractivity contribution in [3.8, 4) is 5.75 Å². The van der Waals surface area contributed by atoms with Crippen LogP contribution in [0.5, 0.6) is 5.75 Å². The smallest absolute Gasteiger partial charge is 0.326 e. The summed E-state index contributed by atoms with van der Waals surface area (Å²) in [4.78, 5) is 24.9. The minimum Gasteiger partial charge on any atom is -0.507 e. The molecule has 1 fully saturated rings. The first kappa shape index (κ1) is 13.9. The molecule has 0 radical (unpaired) electrons. The first-order chi connectivity index (χ1) is 9.00. The molecule has 6 heteroatoms. The Labute approximate surface area is 119 Å². The van der Waals surface area contributed by atoms with Gasteiger partial charge in [0.15, 0.2) is 0 Å². The molecule has 1 aliphatic rings. The number of aliphatic carboxylic acids is 1. The van der Waals surface area contributed by atoms with Crippen molar-refractivity contribution in [3.05, 3.63) is 28.2 Å². The second-order valence-electron chi connectivity index (χ2n) is 4.51. The van der Waals surface area contributed by atoms with E-state index >= 15 is 0 Å². The number of rotatable bonds is 2. The van der Waals surface area contributed by atoms with Crippen molar-refractivity contribution in [2.75, 3.05) is 6.54 Å². The van der Waals surface area contributed by atoms with Crippen molar-refractivity contribution < 1.29 is 19.8 Å². The number of carbonyl (C=O) groups excluding carboxylic acids is 1. The Morgan fingerprint density at radius 3 is 2.68 bits per heavy atom. The number of phenols is 1. The summed E-state index contributed by atoms with van der Waals surface area (Å²) in [6.45, 7) is 0.437. The number of hydrogen-bond donors (Lipinski definition) is 2. The number of nitrogens with zero attached hydrogens (tertiary/aromatic N) is 1. The van der Waals surface area contributed by atoms with E-state index < -0.39 is 12.0 Å². The molecule has 0 aliphatic carbocycles. The quantitative estimate of drug-likeness (QED) is 0.873. The average molecular weight is 328 g/mol. The van der Waals surface area contributed by atoms with Crippen LogP contribution in [0, 0.1) is 0 Å². The third kappa shape index (κ3) is 2.89. The predicted molar refractivity (Wildman–Crippen MR) is 72.1 cm³/mol. The maximum Gasteiger partial charge on any atom is 0.326 e. The van der Waals surface area contributed by atoms with Gasteiger partial charge >= 0.3 is 5.97 Å².